The maximum atomic E-state index is 11.6. The number of methoxy groups -OCH3 is 1. The Kier molecular flexibility index (Phi) is 6.18. The molecule has 1 aromatic carbocycles. The Morgan fingerprint density at radius 3 is 2.57 bits per heavy atom. The van der Waals surface area contributed by atoms with Crippen LogP contribution in [0, 0.1) is 10.1 Å². The molecule has 0 bridgehead atoms. The van der Waals surface area contributed by atoms with Gasteiger partial charge in [0.15, 0.2) is 5.75 Å². The van der Waals surface area contributed by atoms with Crippen LogP contribution in [0.25, 0.3) is 0 Å². The van der Waals surface area contributed by atoms with E-state index in [-0.39, 0.29) is 17.5 Å². The van der Waals surface area contributed by atoms with Crippen molar-refractivity contribution in [1.82, 2.24) is 5.32 Å². The molecule has 2 N–H and O–H groups in total. The molecule has 1 rings (SSSR count). The van der Waals surface area contributed by atoms with Gasteiger partial charge in [0.2, 0.25) is 0 Å². The minimum atomic E-state index is -0.558. The topological polar surface area (TPSA) is 103 Å². The first kappa shape index (κ1) is 18.5. The molecule has 0 aliphatic carbocycles. The second-order valence-corrected chi connectivity index (χ2v) is 6.07. The van der Waals surface area contributed by atoms with Crippen molar-refractivity contribution in [3.63, 3.8) is 0 Å². The van der Waals surface area contributed by atoms with Gasteiger partial charge in [-0.1, -0.05) is 0 Å². The monoisotopic (exact) mass is 325 g/mol. The molecule has 0 saturated heterocycles. The number of hydrogen-bond donors (Lipinski definition) is 2. The third kappa shape index (κ3) is 6.41. The highest BCUT2D eigenvalue weighted by molar-refractivity contribution is 5.67. The Morgan fingerprint density at radius 2 is 2.04 bits per heavy atom. The van der Waals surface area contributed by atoms with Crippen molar-refractivity contribution in [2.75, 3.05) is 19.0 Å². The van der Waals surface area contributed by atoms with Crippen LogP contribution in [-0.4, -0.2) is 36.3 Å². The number of hydrogen-bond acceptors (Lipinski definition) is 6. The quantitative estimate of drug-likeness (QED) is 0.616. The number of nitro groups is 1. The van der Waals surface area contributed by atoms with E-state index in [1.165, 1.54) is 19.2 Å². The van der Waals surface area contributed by atoms with Gasteiger partial charge in [0, 0.05) is 24.3 Å². The number of rotatable bonds is 6. The first-order valence-electron chi connectivity index (χ1n) is 7.18. The van der Waals surface area contributed by atoms with Gasteiger partial charge in [-0.05, 0) is 39.8 Å². The maximum absolute atomic E-state index is 11.6. The van der Waals surface area contributed by atoms with Crippen LogP contribution in [0.4, 0.5) is 16.2 Å². The van der Waals surface area contributed by atoms with Crippen molar-refractivity contribution in [1.29, 1.82) is 0 Å². The number of carbonyl (C=O) groups is 1. The molecule has 8 nitrogen and oxygen atoms in total. The third-order valence-electron chi connectivity index (χ3n) is 2.74. The van der Waals surface area contributed by atoms with E-state index in [1.54, 1.807) is 26.8 Å². The van der Waals surface area contributed by atoms with Gasteiger partial charge in [-0.15, -0.1) is 0 Å². The van der Waals surface area contributed by atoms with Crippen LogP contribution < -0.4 is 15.4 Å². The number of ether oxygens (including phenoxy) is 2. The molecule has 1 unspecified atom stereocenters. The van der Waals surface area contributed by atoms with Crippen molar-refractivity contribution in [3.05, 3.63) is 28.3 Å². The van der Waals surface area contributed by atoms with Crippen LogP contribution in [0.5, 0.6) is 5.75 Å². The van der Waals surface area contributed by atoms with E-state index < -0.39 is 16.6 Å². The second kappa shape index (κ2) is 7.66. The lowest BCUT2D eigenvalue weighted by Gasteiger charge is -2.21. The summed E-state index contributed by atoms with van der Waals surface area (Å²) in [6.45, 7) is 7.50. The summed E-state index contributed by atoms with van der Waals surface area (Å²) in [4.78, 5) is 22.1. The Bertz CT molecular complexity index is 569. The van der Waals surface area contributed by atoms with Crippen molar-refractivity contribution < 1.29 is 19.2 Å². The molecule has 128 valence electrons. The minimum absolute atomic E-state index is 0.121. The molecule has 1 aromatic rings. The molecular formula is C15H23N3O5. The van der Waals surface area contributed by atoms with Gasteiger partial charge in [0.1, 0.15) is 5.60 Å². The molecule has 1 amide bonds. The first-order valence-corrected chi connectivity index (χ1v) is 7.18. The van der Waals surface area contributed by atoms with E-state index in [0.29, 0.717) is 12.2 Å². The maximum Gasteiger partial charge on any atom is 0.407 e. The van der Waals surface area contributed by atoms with Gasteiger partial charge in [-0.2, -0.15) is 0 Å². The van der Waals surface area contributed by atoms with Crippen LogP contribution in [0.1, 0.15) is 27.7 Å². The number of nitrogens with zero attached hydrogens (tertiary/aromatic N) is 1. The lowest BCUT2D eigenvalue weighted by atomic mass is 10.2. The third-order valence-corrected chi connectivity index (χ3v) is 2.74. The molecule has 8 heteroatoms. The fourth-order valence-electron chi connectivity index (χ4n) is 1.81. The normalized spacial score (nSPS) is 12.2. The molecule has 0 aliphatic heterocycles. The highest BCUT2D eigenvalue weighted by atomic mass is 16.6. The molecule has 1 atom stereocenters. The molecule has 0 radical (unpaired) electrons. The zero-order valence-corrected chi connectivity index (χ0v) is 14.0. The zero-order chi connectivity index (χ0) is 17.6. The summed E-state index contributed by atoms with van der Waals surface area (Å²) < 4.78 is 10.1. The fourth-order valence-corrected chi connectivity index (χ4v) is 1.81. The summed E-state index contributed by atoms with van der Waals surface area (Å²) in [5.74, 6) is 0.195. The minimum Gasteiger partial charge on any atom is -0.490 e. The summed E-state index contributed by atoms with van der Waals surface area (Å²) in [6.07, 6.45) is -0.508. The Morgan fingerprint density at radius 1 is 1.39 bits per heavy atom. The SMILES string of the molecule is COc1ccc(NC(C)CNC(=O)OC(C)(C)C)cc1[N+](=O)[O-]. The fraction of sp³-hybridized carbons (Fsp3) is 0.533. The van der Waals surface area contributed by atoms with Gasteiger partial charge in [0.25, 0.3) is 0 Å². The van der Waals surface area contributed by atoms with Crippen molar-refractivity contribution in [3.8, 4) is 5.75 Å². The van der Waals surface area contributed by atoms with Gasteiger partial charge >= 0.3 is 11.8 Å². The number of amides is 1. The first-order chi connectivity index (χ1) is 10.6. The average molecular weight is 325 g/mol. The Balaban J connectivity index is 2.61. The average Bonchev–Trinajstić information content (AvgIpc) is 2.43. The van der Waals surface area contributed by atoms with Crippen LogP contribution in [-0.2, 0) is 4.74 Å². The zero-order valence-electron chi connectivity index (χ0n) is 14.0. The predicted molar refractivity (Wildman–Crippen MR) is 87.0 cm³/mol. The van der Waals surface area contributed by atoms with E-state index in [9.17, 15) is 14.9 Å². The standard InChI is InChI=1S/C15H23N3O5/c1-10(9-16-14(19)23-15(2,3)4)17-11-6-7-13(22-5)12(8-11)18(20)21/h6-8,10,17H,9H2,1-5H3,(H,16,19). The van der Waals surface area contributed by atoms with Crippen molar-refractivity contribution >= 4 is 17.5 Å². The van der Waals surface area contributed by atoms with E-state index in [0.717, 1.165) is 0 Å². The Hall–Kier alpha value is -2.51. The summed E-state index contributed by atoms with van der Waals surface area (Å²) in [5, 5.41) is 16.7. The molecule has 0 aromatic heterocycles. The van der Waals surface area contributed by atoms with Crippen LogP contribution in [0.15, 0.2) is 18.2 Å². The smallest absolute Gasteiger partial charge is 0.407 e. The van der Waals surface area contributed by atoms with Crippen LogP contribution >= 0.6 is 0 Å². The highest BCUT2D eigenvalue weighted by Crippen LogP contribution is 2.29. The van der Waals surface area contributed by atoms with E-state index >= 15 is 0 Å². The number of benzene rings is 1. The highest BCUT2D eigenvalue weighted by Gasteiger charge is 2.18. The largest absolute Gasteiger partial charge is 0.490 e. The van der Waals surface area contributed by atoms with Crippen LogP contribution in [0.2, 0.25) is 0 Å². The summed E-state index contributed by atoms with van der Waals surface area (Å²) >= 11 is 0. The molecule has 0 fully saturated rings. The molecule has 0 aliphatic rings. The number of nitro benzene ring substituents is 1. The molecule has 23 heavy (non-hydrogen) atoms. The van der Waals surface area contributed by atoms with Gasteiger partial charge in [-0.3, -0.25) is 10.1 Å². The van der Waals surface area contributed by atoms with Gasteiger partial charge < -0.3 is 20.1 Å². The summed E-state index contributed by atoms with van der Waals surface area (Å²) in [6, 6.07) is 4.45. The Labute approximate surface area is 135 Å². The lowest BCUT2D eigenvalue weighted by molar-refractivity contribution is -0.385. The number of carbonyl (C=O) groups excluding carboxylic acids is 1. The van der Waals surface area contributed by atoms with Crippen LogP contribution in [0.3, 0.4) is 0 Å². The van der Waals surface area contributed by atoms with E-state index in [4.69, 9.17) is 9.47 Å². The number of alkyl carbamates (subject to hydrolysis) is 1. The predicted octanol–water partition coefficient (Wildman–Crippen LogP) is 2.93. The number of nitrogens with one attached hydrogen (secondary N) is 2. The molecule has 0 heterocycles. The molecular weight excluding hydrogens is 302 g/mol. The molecule has 0 saturated carbocycles. The van der Waals surface area contributed by atoms with Gasteiger partial charge in [0.05, 0.1) is 12.0 Å². The molecule has 0 spiro atoms. The summed E-state index contributed by atoms with van der Waals surface area (Å²) in [7, 11) is 1.38. The second-order valence-electron chi connectivity index (χ2n) is 6.07. The van der Waals surface area contributed by atoms with Crippen molar-refractivity contribution in [2.24, 2.45) is 0 Å². The summed E-state index contributed by atoms with van der Waals surface area (Å²) in [5.41, 5.74) is -0.113. The van der Waals surface area contributed by atoms with Gasteiger partial charge in [-0.25, -0.2) is 4.79 Å². The number of anilines is 1. The van der Waals surface area contributed by atoms with E-state index in [1.807, 2.05) is 6.92 Å². The van der Waals surface area contributed by atoms with Crippen molar-refractivity contribution in [2.45, 2.75) is 39.3 Å². The lowest BCUT2D eigenvalue weighted by Crippen LogP contribution is -2.38. The van der Waals surface area contributed by atoms with E-state index in [2.05, 4.69) is 10.6 Å².